The molecule has 0 aromatic carbocycles. The Morgan fingerprint density at radius 2 is 2.13 bits per heavy atom. The highest BCUT2D eigenvalue weighted by molar-refractivity contribution is 5.86. The molecule has 0 bridgehead atoms. The van der Waals surface area contributed by atoms with Gasteiger partial charge in [-0.05, 0) is 0 Å². The molecule has 4 unspecified atom stereocenters. The van der Waals surface area contributed by atoms with E-state index >= 15 is 0 Å². The van der Waals surface area contributed by atoms with Crippen LogP contribution in [0.1, 0.15) is 6.23 Å². The predicted molar refractivity (Wildman–Crippen MR) is 80.2 cm³/mol. The molecule has 2 aromatic heterocycles. The van der Waals surface area contributed by atoms with Crippen LogP contribution in [0.25, 0.3) is 11.0 Å². The van der Waals surface area contributed by atoms with Gasteiger partial charge in [-0.3, -0.25) is 0 Å². The summed E-state index contributed by atoms with van der Waals surface area (Å²) in [6.45, 7) is -0.401. The highest BCUT2D eigenvalue weighted by atomic mass is 16.6. The van der Waals surface area contributed by atoms with Gasteiger partial charge in [-0.2, -0.15) is 5.10 Å². The molecule has 10 nitrogen and oxygen atoms in total. The lowest BCUT2D eigenvalue weighted by Gasteiger charge is -2.15. The van der Waals surface area contributed by atoms with Crippen molar-refractivity contribution in [2.24, 2.45) is 4.99 Å². The fourth-order valence-electron chi connectivity index (χ4n) is 2.39. The van der Waals surface area contributed by atoms with E-state index in [-0.39, 0.29) is 0 Å². The number of aliphatic hydroxyl groups excluding tert-OH is 3. The number of hydrogen-bond acceptors (Lipinski definition) is 8. The van der Waals surface area contributed by atoms with E-state index in [4.69, 9.17) is 4.74 Å². The zero-order chi connectivity index (χ0) is 16.6. The first-order valence-corrected chi connectivity index (χ1v) is 7.04. The number of hydrogen-bond donors (Lipinski definition) is 3. The first-order chi connectivity index (χ1) is 11.0. The van der Waals surface area contributed by atoms with E-state index in [1.54, 1.807) is 11.2 Å². The summed E-state index contributed by atoms with van der Waals surface area (Å²) >= 11 is 0. The Hall–Kier alpha value is -2.14. The fraction of sp³-hybridized carbons (Fsp3) is 0.538. The molecule has 3 rings (SSSR count). The maximum Gasteiger partial charge on any atom is 0.181 e. The monoisotopic (exact) mass is 322 g/mol. The summed E-state index contributed by atoms with van der Waals surface area (Å²) in [4.78, 5) is 14.3. The largest absolute Gasteiger partial charge is 0.394 e. The van der Waals surface area contributed by atoms with Gasteiger partial charge in [-0.1, -0.05) is 0 Å². The molecular weight excluding hydrogens is 304 g/mol. The van der Waals surface area contributed by atoms with E-state index in [0.29, 0.717) is 16.9 Å². The molecule has 1 saturated heterocycles. The third-order valence-corrected chi connectivity index (χ3v) is 3.54. The molecule has 1 fully saturated rings. The molecule has 0 aliphatic carbocycles. The molecule has 0 radical (unpaired) electrons. The number of aliphatic imine (C=N–C) groups is 1. The van der Waals surface area contributed by atoms with Crippen LogP contribution in [0.3, 0.4) is 0 Å². The molecule has 0 amide bonds. The van der Waals surface area contributed by atoms with Gasteiger partial charge in [0.05, 0.1) is 24.5 Å². The van der Waals surface area contributed by atoms with Crippen molar-refractivity contribution in [2.75, 3.05) is 20.7 Å². The van der Waals surface area contributed by atoms with Crippen LogP contribution in [0.5, 0.6) is 0 Å². The standard InChI is InChI=1S/C13H18N6O4/c1-18(2)6-16-11-7-3-17-19(12(7)15-5-14-11)13-10(22)9(21)8(4-20)23-13/h3,5-6,8-10,13,20-22H,4H2,1-2H3/b16-6+. The molecular formula is C13H18N6O4. The molecule has 124 valence electrons. The van der Waals surface area contributed by atoms with Crippen molar-refractivity contribution >= 4 is 23.2 Å². The van der Waals surface area contributed by atoms with Gasteiger partial charge < -0.3 is 25.0 Å². The minimum Gasteiger partial charge on any atom is -0.394 e. The minimum atomic E-state index is -1.22. The normalized spacial score (nSPS) is 28.0. The smallest absolute Gasteiger partial charge is 0.181 e. The predicted octanol–water partition coefficient (Wildman–Crippen LogP) is -1.34. The number of rotatable bonds is 4. The second-order valence-electron chi connectivity index (χ2n) is 5.46. The van der Waals surface area contributed by atoms with E-state index in [1.807, 2.05) is 14.1 Å². The summed E-state index contributed by atoms with van der Waals surface area (Å²) in [7, 11) is 3.68. The van der Waals surface area contributed by atoms with Crippen molar-refractivity contribution in [3.05, 3.63) is 12.5 Å². The topological polar surface area (TPSA) is 129 Å². The van der Waals surface area contributed by atoms with Crippen LogP contribution < -0.4 is 0 Å². The summed E-state index contributed by atoms with van der Waals surface area (Å²) < 4.78 is 6.83. The number of aromatic nitrogens is 4. The Morgan fingerprint density at radius 3 is 2.78 bits per heavy atom. The van der Waals surface area contributed by atoms with Gasteiger partial charge in [0, 0.05) is 14.1 Å². The molecule has 4 atom stereocenters. The Morgan fingerprint density at radius 1 is 1.35 bits per heavy atom. The molecule has 1 aliphatic rings. The summed E-state index contributed by atoms with van der Waals surface area (Å²) in [5, 5.41) is 33.9. The number of nitrogens with zero attached hydrogens (tertiary/aromatic N) is 6. The van der Waals surface area contributed by atoms with Gasteiger partial charge in [-0.15, -0.1) is 0 Å². The Kier molecular flexibility index (Phi) is 4.22. The minimum absolute atomic E-state index is 0.401. The van der Waals surface area contributed by atoms with Crippen molar-refractivity contribution in [2.45, 2.75) is 24.5 Å². The van der Waals surface area contributed by atoms with E-state index in [9.17, 15) is 15.3 Å². The summed E-state index contributed by atoms with van der Waals surface area (Å²) in [5.41, 5.74) is 0.417. The third-order valence-electron chi connectivity index (χ3n) is 3.54. The van der Waals surface area contributed by atoms with E-state index < -0.39 is 31.1 Å². The van der Waals surface area contributed by atoms with Crippen LogP contribution >= 0.6 is 0 Å². The zero-order valence-corrected chi connectivity index (χ0v) is 12.7. The fourth-order valence-corrected chi connectivity index (χ4v) is 2.39. The van der Waals surface area contributed by atoms with Crippen molar-refractivity contribution in [3.8, 4) is 0 Å². The van der Waals surface area contributed by atoms with Crippen molar-refractivity contribution in [1.29, 1.82) is 0 Å². The first-order valence-electron chi connectivity index (χ1n) is 7.04. The van der Waals surface area contributed by atoms with Crippen LogP contribution in [0.2, 0.25) is 0 Å². The highest BCUT2D eigenvalue weighted by Gasteiger charge is 2.44. The number of fused-ring (bicyclic) bond motifs is 1. The second-order valence-corrected chi connectivity index (χ2v) is 5.46. The molecule has 0 saturated carbocycles. The van der Waals surface area contributed by atoms with E-state index in [1.165, 1.54) is 17.2 Å². The Balaban J connectivity index is 1.99. The van der Waals surface area contributed by atoms with Crippen molar-refractivity contribution in [1.82, 2.24) is 24.6 Å². The maximum absolute atomic E-state index is 10.1. The second kappa shape index (κ2) is 6.16. The molecule has 1 aliphatic heterocycles. The lowest BCUT2D eigenvalue weighted by molar-refractivity contribution is -0.0566. The molecule has 0 spiro atoms. The van der Waals surface area contributed by atoms with Gasteiger partial charge in [0.1, 0.15) is 24.6 Å². The van der Waals surface area contributed by atoms with Gasteiger partial charge in [0.25, 0.3) is 0 Å². The lowest BCUT2D eigenvalue weighted by Crippen LogP contribution is -2.33. The summed E-state index contributed by atoms with van der Waals surface area (Å²) in [6, 6.07) is 0. The van der Waals surface area contributed by atoms with Crippen LogP contribution in [0.15, 0.2) is 17.5 Å². The average molecular weight is 322 g/mol. The highest BCUT2D eigenvalue weighted by Crippen LogP contribution is 2.32. The Bertz CT molecular complexity index is 718. The zero-order valence-electron chi connectivity index (χ0n) is 12.7. The summed E-state index contributed by atoms with van der Waals surface area (Å²) in [5.74, 6) is 0.432. The lowest BCUT2D eigenvalue weighted by atomic mass is 10.1. The Labute approximate surface area is 131 Å². The van der Waals surface area contributed by atoms with Crippen LogP contribution in [-0.2, 0) is 4.74 Å². The number of ether oxygens (including phenoxy) is 1. The van der Waals surface area contributed by atoms with E-state index in [2.05, 4.69) is 20.1 Å². The van der Waals surface area contributed by atoms with Crippen molar-refractivity contribution < 1.29 is 20.1 Å². The van der Waals surface area contributed by atoms with Crippen LogP contribution in [-0.4, -0.2) is 85.3 Å². The van der Waals surface area contributed by atoms with Crippen LogP contribution in [0, 0.1) is 0 Å². The third kappa shape index (κ3) is 2.77. The average Bonchev–Trinajstić information content (AvgIpc) is 3.08. The summed E-state index contributed by atoms with van der Waals surface area (Å²) in [6.07, 6.45) is 0.223. The van der Waals surface area contributed by atoms with Gasteiger partial charge in [0.15, 0.2) is 17.7 Å². The van der Waals surface area contributed by atoms with Gasteiger partial charge >= 0.3 is 0 Å². The van der Waals surface area contributed by atoms with Crippen LogP contribution in [0.4, 0.5) is 5.82 Å². The molecule has 2 aromatic rings. The van der Waals surface area contributed by atoms with E-state index in [0.717, 1.165) is 0 Å². The maximum atomic E-state index is 10.1. The molecule has 3 heterocycles. The first kappa shape index (κ1) is 15.7. The molecule has 23 heavy (non-hydrogen) atoms. The van der Waals surface area contributed by atoms with Crippen molar-refractivity contribution in [3.63, 3.8) is 0 Å². The SMILES string of the molecule is CN(C)/C=N/c1ncnc2c1cnn2C1OC(CO)C(O)C1O. The number of aliphatic hydroxyl groups is 3. The molecule has 3 N–H and O–H groups in total. The van der Waals surface area contributed by atoms with Gasteiger partial charge in [0.2, 0.25) is 0 Å². The molecule has 10 heteroatoms. The quantitative estimate of drug-likeness (QED) is 0.466. The van der Waals surface area contributed by atoms with Gasteiger partial charge in [-0.25, -0.2) is 19.6 Å².